The van der Waals surface area contributed by atoms with Crippen LogP contribution in [0.2, 0.25) is 0 Å². The molecule has 88 valence electrons. The third-order valence-electron chi connectivity index (χ3n) is 2.69. The molecule has 5 heteroatoms. The third-order valence-corrected chi connectivity index (χ3v) is 3.86. The van der Waals surface area contributed by atoms with Gasteiger partial charge in [-0.3, -0.25) is 4.79 Å². The summed E-state index contributed by atoms with van der Waals surface area (Å²) in [5.41, 5.74) is 0.860. The van der Waals surface area contributed by atoms with Crippen molar-refractivity contribution in [1.82, 2.24) is 9.88 Å². The number of hydrogen-bond donors (Lipinski definition) is 0. The van der Waals surface area contributed by atoms with Gasteiger partial charge in [0.2, 0.25) is 5.91 Å². The van der Waals surface area contributed by atoms with E-state index in [1.807, 2.05) is 17.3 Å². The summed E-state index contributed by atoms with van der Waals surface area (Å²) in [5.74, 6) is 1.31. The number of likely N-dealkylation sites (N-methyl/N-ethyl adjacent to an activating group) is 1. The minimum Gasteiger partial charge on any atom is -0.345 e. The van der Waals surface area contributed by atoms with E-state index in [0.717, 1.165) is 23.2 Å². The number of alkyl halides is 1. The van der Waals surface area contributed by atoms with Crippen LogP contribution in [-0.4, -0.2) is 29.4 Å². The Hall–Kier alpha value is -0.610. The molecule has 2 rings (SSSR count). The quantitative estimate of drug-likeness (QED) is 0.760. The van der Waals surface area contributed by atoms with E-state index in [2.05, 4.69) is 4.98 Å². The molecule has 1 fully saturated rings. The van der Waals surface area contributed by atoms with E-state index in [-0.39, 0.29) is 5.91 Å². The van der Waals surface area contributed by atoms with E-state index in [1.165, 1.54) is 24.2 Å². The molecule has 16 heavy (non-hydrogen) atoms. The number of rotatable bonds is 5. The highest BCUT2D eigenvalue weighted by Crippen LogP contribution is 2.29. The minimum absolute atomic E-state index is 0.155. The summed E-state index contributed by atoms with van der Waals surface area (Å²) in [6.45, 7) is 0.895. The molecular formula is C11H15ClN2OS. The Morgan fingerprint density at radius 1 is 1.69 bits per heavy atom. The van der Waals surface area contributed by atoms with Crippen molar-refractivity contribution in [2.75, 3.05) is 13.6 Å². The first kappa shape index (κ1) is 11.9. The number of hydrogen-bond acceptors (Lipinski definition) is 3. The summed E-state index contributed by atoms with van der Waals surface area (Å²) in [6, 6.07) is 0. The highest BCUT2D eigenvalue weighted by molar-refractivity contribution is 7.09. The largest absolute Gasteiger partial charge is 0.345 e. The fraction of sp³-hybridized carbons (Fsp3) is 0.636. The zero-order valence-electron chi connectivity index (χ0n) is 9.28. The third kappa shape index (κ3) is 3.19. The van der Waals surface area contributed by atoms with Crippen LogP contribution in [0, 0.1) is 5.92 Å². The molecule has 0 unspecified atom stereocenters. The van der Waals surface area contributed by atoms with Crippen molar-refractivity contribution in [1.29, 1.82) is 0 Å². The molecule has 0 saturated heterocycles. The van der Waals surface area contributed by atoms with Crippen LogP contribution in [0.4, 0.5) is 0 Å². The standard InChI is InChI=1S/C11H15ClN2OS/c1-14(6-8-2-3-8)11(15)4-10-13-9(5-12)7-16-10/h7-8H,2-6H2,1H3. The normalized spacial score (nSPS) is 15.1. The Kier molecular flexibility index (Phi) is 3.82. The molecule has 0 radical (unpaired) electrons. The Morgan fingerprint density at radius 3 is 3.00 bits per heavy atom. The first-order chi connectivity index (χ1) is 7.69. The molecule has 1 aliphatic rings. The Labute approximate surface area is 104 Å². The first-order valence-electron chi connectivity index (χ1n) is 5.42. The lowest BCUT2D eigenvalue weighted by Gasteiger charge is -2.15. The number of carbonyl (C=O) groups is 1. The number of halogens is 1. The van der Waals surface area contributed by atoms with Gasteiger partial charge in [0, 0.05) is 19.0 Å². The maximum absolute atomic E-state index is 11.8. The first-order valence-corrected chi connectivity index (χ1v) is 6.83. The maximum Gasteiger partial charge on any atom is 0.229 e. The molecule has 0 N–H and O–H groups in total. The lowest BCUT2D eigenvalue weighted by Crippen LogP contribution is -2.30. The van der Waals surface area contributed by atoms with Crippen LogP contribution in [0.3, 0.4) is 0 Å². The minimum atomic E-state index is 0.155. The van der Waals surface area contributed by atoms with E-state index in [0.29, 0.717) is 12.3 Å². The van der Waals surface area contributed by atoms with E-state index in [1.54, 1.807) is 0 Å². The summed E-state index contributed by atoms with van der Waals surface area (Å²) < 4.78 is 0. The van der Waals surface area contributed by atoms with Gasteiger partial charge in [-0.2, -0.15) is 0 Å². The molecule has 0 aliphatic heterocycles. The predicted molar refractivity (Wildman–Crippen MR) is 65.7 cm³/mol. The molecule has 1 aromatic rings. The molecule has 1 heterocycles. The zero-order valence-corrected chi connectivity index (χ0v) is 10.9. The van der Waals surface area contributed by atoms with Crippen molar-refractivity contribution in [3.63, 3.8) is 0 Å². The van der Waals surface area contributed by atoms with Gasteiger partial charge in [-0.1, -0.05) is 0 Å². The fourth-order valence-electron chi connectivity index (χ4n) is 1.55. The van der Waals surface area contributed by atoms with E-state index >= 15 is 0 Å². The van der Waals surface area contributed by atoms with Gasteiger partial charge in [0.05, 0.1) is 18.0 Å². The van der Waals surface area contributed by atoms with Crippen molar-refractivity contribution in [3.8, 4) is 0 Å². The molecule has 1 aliphatic carbocycles. The number of carbonyl (C=O) groups excluding carboxylic acids is 1. The predicted octanol–water partition coefficient (Wildman–Crippen LogP) is 2.29. The van der Waals surface area contributed by atoms with Gasteiger partial charge in [-0.05, 0) is 18.8 Å². The van der Waals surface area contributed by atoms with Crippen LogP contribution in [0.1, 0.15) is 23.5 Å². The summed E-state index contributed by atoms with van der Waals surface area (Å²) >= 11 is 7.18. The smallest absolute Gasteiger partial charge is 0.229 e. The molecule has 0 bridgehead atoms. The van der Waals surface area contributed by atoms with Crippen LogP contribution < -0.4 is 0 Å². The second kappa shape index (κ2) is 5.15. The van der Waals surface area contributed by atoms with E-state index in [4.69, 9.17) is 11.6 Å². The number of amides is 1. The van der Waals surface area contributed by atoms with Crippen molar-refractivity contribution >= 4 is 28.8 Å². The highest BCUT2D eigenvalue weighted by atomic mass is 35.5. The lowest BCUT2D eigenvalue weighted by molar-refractivity contribution is -0.129. The van der Waals surface area contributed by atoms with Gasteiger partial charge >= 0.3 is 0 Å². The molecule has 1 amide bonds. The molecule has 1 aromatic heterocycles. The summed E-state index contributed by atoms with van der Waals surface area (Å²) in [5, 5.41) is 2.78. The van der Waals surface area contributed by atoms with Crippen molar-refractivity contribution in [2.45, 2.75) is 25.1 Å². The van der Waals surface area contributed by atoms with Crippen LogP contribution in [0.25, 0.3) is 0 Å². The van der Waals surface area contributed by atoms with E-state index < -0.39 is 0 Å². The van der Waals surface area contributed by atoms with Gasteiger partial charge in [-0.15, -0.1) is 22.9 Å². The maximum atomic E-state index is 11.8. The monoisotopic (exact) mass is 258 g/mol. The zero-order chi connectivity index (χ0) is 11.5. The number of thiazole rings is 1. The van der Waals surface area contributed by atoms with Gasteiger partial charge < -0.3 is 4.90 Å². The summed E-state index contributed by atoms with van der Waals surface area (Å²) in [6.07, 6.45) is 2.95. The Balaban J connectivity index is 1.85. The van der Waals surface area contributed by atoms with Gasteiger partial charge in [0.25, 0.3) is 0 Å². The Morgan fingerprint density at radius 2 is 2.44 bits per heavy atom. The SMILES string of the molecule is CN(CC1CC1)C(=O)Cc1nc(CCl)cs1. The van der Waals surface area contributed by atoms with Crippen LogP contribution >= 0.6 is 22.9 Å². The summed E-state index contributed by atoms with van der Waals surface area (Å²) in [4.78, 5) is 17.9. The van der Waals surface area contributed by atoms with Gasteiger partial charge in [-0.25, -0.2) is 4.98 Å². The lowest BCUT2D eigenvalue weighted by atomic mass is 10.3. The highest BCUT2D eigenvalue weighted by Gasteiger charge is 2.25. The molecule has 0 aromatic carbocycles. The van der Waals surface area contributed by atoms with Crippen LogP contribution in [-0.2, 0) is 17.1 Å². The van der Waals surface area contributed by atoms with Gasteiger partial charge in [0.15, 0.2) is 0 Å². The molecule has 1 saturated carbocycles. The molecular weight excluding hydrogens is 244 g/mol. The van der Waals surface area contributed by atoms with Crippen molar-refractivity contribution in [2.24, 2.45) is 5.92 Å². The number of nitrogens with zero attached hydrogens (tertiary/aromatic N) is 2. The average molecular weight is 259 g/mol. The Bertz CT molecular complexity index is 376. The molecule has 0 atom stereocenters. The molecule has 3 nitrogen and oxygen atoms in total. The fourth-order valence-corrected chi connectivity index (χ4v) is 2.56. The summed E-state index contributed by atoms with van der Waals surface area (Å²) in [7, 11) is 1.87. The second-order valence-electron chi connectivity index (χ2n) is 4.26. The van der Waals surface area contributed by atoms with E-state index in [9.17, 15) is 4.79 Å². The van der Waals surface area contributed by atoms with Crippen molar-refractivity contribution in [3.05, 3.63) is 16.1 Å². The average Bonchev–Trinajstić information content (AvgIpc) is 2.96. The van der Waals surface area contributed by atoms with Crippen LogP contribution in [0.5, 0.6) is 0 Å². The second-order valence-corrected chi connectivity index (χ2v) is 5.47. The van der Waals surface area contributed by atoms with Gasteiger partial charge in [0.1, 0.15) is 5.01 Å². The van der Waals surface area contributed by atoms with Crippen LogP contribution in [0.15, 0.2) is 5.38 Å². The number of aromatic nitrogens is 1. The molecule has 0 spiro atoms. The topological polar surface area (TPSA) is 33.2 Å². The van der Waals surface area contributed by atoms with Crippen molar-refractivity contribution < 1.29 is 4.79 Å².